The Morgan fingerprint density at radius 2 is 1.86 bits per heavy atom. The normalized spacial score (nSPS) is 33.2. The molecule has 4 fully saturated rings. The molecular weight excluding hydrogens is 536 g/mol. The first-order valence-corrected chi connectivity index (χ1v) is 17.3. The lowest BCUT2D eigenvalue weighted by Crippen LogP contribution is -2.62. The number of amidine groups is 1. The van der Waals surface area contributed by atoms with E-state index in [0.29, 0.717) is 18.4 Å². The maximum atomic E-state index is 14.0. The molecule has 0 aromatic carbocycles. The van der Waals surface area contributed by atoms with Crippen LogP contribution in [-0.4, -0.2) is 58.1 Å². The predicted octanol–water partition coefficient (Wildman–Crippen LogP) is 2.33. The maximum Gasteiger partial charge on any atom is 0.287 e. The van der Waals surface area contributed by atoms with Crippen LogP contribution in [0.2, 0.25) is 0 Å². The number of carbonyl (C=O) groups is 2. The van der Waals surface area contributed by atoms with Crippen LogP contribution in [0.1, 0.15) is 56.9 Å². The number of carbonyl (C=O) groups excluding carboxylic acids is 2. The molecule has 0 radical (unpaired) electrons. The Kier molecular flexibility index (Phi) is 6.28. The van der Waals surface area contributed by atoms with Crippen LogP contribution in [0.3, 0.4) is 0 Å². The van der Waals surface area contributed by atoms with Crippen molar-refractivity contribution >= 4 is 53.9 Å². The average molecular weight is 569 g/mol. The molecule has 13 heteroatoms. The molecule has 202 valence electrons. The fourth-order valence-corrected chi connectivity index (χ4v) is 10.4. The first-order chi connectivity index (χ1) is 17.5. The molecule has 2 N–H and O–H groups in total. The van der Waals surface area contributed by atoms with Crippen LogP contribution >= 0.6 is 11.3 Å². The number of fused-ring (bicyclic) bond motifs is 6. The minimum absolute atomic E-state index is 0.0799. The highest BCUT2D eigenvalue weighted by molar-refractivity contribution is 7.91. The highest BCUT2D eigenvalue weighted by atomic mass is 32.2. The van der Waals surface area contributed by atoms with Gasteiger partial charge in [0.1, 0.15) is 15.7 Å². The quantitative estimate of drug-likeness (QED) is 0.502. The summed E-state index contributed by atoms with van der Waals surface area (Å²) < 4.78 is 55.8. The number of hydrogen-bond acceptors (Lipinski definition) is 8. The lowest BCUT2D eigenvalue weighted by Gasteiger charge is -2.47. The number of ketones is 1. The van der Waals surface area contributed by atoms with E-state index in [1.54, 1.807) is 5.38 Å². The van der Waals surface area contributed by atoms with Gasteiger partial charge in [-0.05, 0) is 55.2 Å². The number of amides is 1. The number of anilines is 1. The maximum absolute atomic E-state index is 14.0. The number of nitrogens with one attached hydrogen (secondary N) is 2. The molecule has 3 heterocycles. The van der Waals surface area contributed by atoms with Crippen LogP contribution < -0.4 is 10.0 Å². The Balaban J connectivity index is 1.33. The van der Waals surface area contributed by atoms with Crippen LogP contribution in [0.15, 0.2) is 14.7 Å². The third kappa shape index (κ3) is 4.45. The van der Waals surface area contributed by atoms with Crippen molar-refractivity contribution in [3.05, 3.63) is 10.9 Å². The zero-order valence-electron chi connectivity index (χ0n) is 20.7. The molecule has 37 heavy (non-hydrogen) atoms. The zero-order chi connectivity index (χ0) is 26.1. The van der Waals surface area contributed by atoms with Crippen molar-refractivity contribution in [3.8, 4) is 0 Å². The summed E-state index contributed by atoms with van der Waals surface area (Å²) in [5.74, 6) is -1.20. The number of sulfonamides is 2. The Bertz CT molecular complexity index is 1380. The van der Waals surface area contributed by atoms with Crippen molar-refractivity contribution < 1.29 is 26.4 Å². The van der Waals surface area contributed by atoms with Crippen molar-refractivity contribution in [1.29, 1.82) is 0 Å². The first kappa shape index (κ1) is 25.4. The number of nitrogens with zero attached hydrogens (tertiary/aromatic N) is 2. The summed E-state index contributed by atoms with van der Waals surface area (Å²) >= 11 is 1.09. The van der Waals surface area contributed by atoms with E-state index in [0.717, 1.165) is 62.5 Å². The fourth-order valence-electron chi connectivity index (χ4n) is 7.37. The number of likely N-dealkylation sites (tertiary alicyclic amines) is 1. The number of rotatable bonds is 6. The summed E-state index contributed by atoms with van der Waals surface area (Å²) in [7, 11) is -7.77. The second kappa shape index (κ2) is 9.13. The van der Waals surface area contributed by atoms with Gasteiger partial charge < -0.3 is 10.2 Å². The van der Waals surface area contributed by atoms with Gasteiger partial charge in [0.15, 0.2) is 11.7 Å². The third-order valence-electron chi connectivity index (χ3n) is 8.89. The minimum Gasteiger partial charge on any atom is -0.337 e. The molecule has 3 saturated carbocycles. The van der Waals surface area contributed by atoms with E-state index in [2.05, 4.69) is 14.4 Å². The Labute approximate surface area is 221 Å². The summed E-state index contributed by atoms with van der Waals surface area (Å²) in [4.78, 5) is 29.7. The van der Waals surface area contributed by atoms with E-state index in [9.17, 15) is 26.4 Å². The SMILES string of the molecule is CS(=O)(=O)NCc1csc2c1S(=O)(=O)N=C(C1C(=O)C3C([C@@H]4CC[C@H]3C4)N(CC3CCCCC3)C1=O)N2. The van der Waals surface area contributed by atoms with Gasteiger partial charge in [-0.1, -0.05) is 19.3 Å². The summed E-state index contributed by atoms with van der Waals surface area (Å²) in [6, 6.07) is -0.0799. The van der Waals surface area contributed by atoms with Gasteiger partial charge in [0.2, 0.25) is 15.9 Å². The van der Waals surface area contributed by atoms with E-state index in [1.807, 2.05) is 4.90 Å². The van der Waals surface area contributed by atoms with Gasteiger partial charge in [-0.25, -0.2) is 13.1 Å². The van der Waals surface area contributed by atoms with E-state index in [4.69, 9.17) is 0 Å². The Morgan fingerprint density at radius 1 is 1.14 bits per heavy atom. The van der Waals surface area contributed by atoms with Crippen molar-refractivity contribution in [2.45, 2.75) is 68.8 Å². The van der Waals surface area contributed by atoms with Gasteiger partial charge in [0, 0.05) is 30.6 Å². The number of piperidine rings is 1. The van der Waals surface area contributed by atoms with Gasteiger partial charge in [0.05, 0.1) is 6.26 Å². The lowest BCUT2D eigenvalue weighted by molar-refractivity contribution is -0.153. The molecule has 3 aliphatic carbocycles. The monoisotopic (exact) mass is 568 g/mol. The van der Waals surface area contributed by atoms with Crippen molar-refractivity contribution in [3.63, 3.8) is 0 Å². The fraction of sp³-hybridized carbons (Fsp3) is 0.708. The van der Waals surface area contributed by atoms with Crippen LogP contribution in [0, 0.1) is 29.6 Å². The lowest BCUT2D eigenvalue weighted by atomic mass is 9.72. The zero-order valence-corrected chi connectivity index (χ0v) is 23.1. The molecule has 1 saturated heterocycles. The molecule has 2 aliphatic heterocycles. The molecule has 6 rings (SSSR count). The molecule has 5 atom stereocenters. The molecule has 5 aliphatic rings. The van der Waals surface area contributed by atoms with Crippen molar-refractivity contribution in [1.82, 2.24) is 9.62 Å². The Hall–Kier alpha value is -1.83. The number of thiophene rings is 1. The molecule has 3 unspecified atom stereocenters. The second-order valence-electron chi connectivity index (χ2n) is 11.3. The molecular formula is C24H32N4O6S3. The average Bonchev–Trinajstić information content (AvgIpc) is 3.55. The van der Waals surface area contributed by atoms with Gasteiger partial charge in [0.25, 0.3) is 10.0 Å². The highest BCUT2D eigenvalue weighted by Crippen LogP contribution is 2.54. The van der Waals surface area contributed by atoms with Gasteiger partial charge in [-0.15, -0.1) is 15.7 Å². The van der Waals surface area contributed by atoms with E-state index in [-0.39, 0.29) is 57.4 Å². The minimum atomic E-state index is -4.24. The third-order valence-corrected chi connectivity index (χ3v) is 12.0. The first-order valence-electron chi connectivity index (χ1n) is 13.0. The van der Waals surface area contributed by atoms with Crippen LogP contribution in [-0.2, 0) is 36.2 Å². The van der Waals surface area contributed by atoms with E-state index < -0.39 is 26.0 Å². The smallest absolute Gasteiger partial charge is 0.287 e. The van der Waals surface area contributed by atoms with Gasteiger partial charge >= 0.3 is 0 Å². The largest absolute Gasteiger partial charge is 0.337 e. The summed E-state index contributed by atoms with van der Waals surface area (Å²) in [5.41, 5.74) is 0.272. The van der Waals surface area contributed by atoms with Crippen LogP contribution in [0.25, 0.3) is 0 Å². The summed E-state index contributed by atoms with van der Waals surface area (Å²) in [6.07, 6.45) is 9.62. The number of hydrogen-bond donors (Lipinski definition) is 2. The molecule has 1 aromatic heterocycles. The summed E-state index contributed by atoms with van der Waals surface area (Å²) in [5, 5.41) is 4.80. The topological polar surface area (TPSA) is 142 Å². The van der Waals surface area contributed by atoms with Crippen molar-refractivity contribution in [2.75, 3.05) is 18.1 Å². The molecule has 1 aromatic rings. The molecule has 1 amide bonds. The van der Waals surface area contributed by atoms with Crippen molar-refractivity contribution in [2.24, 2.45) is 34.0 Å². The van der Waals surface area contributed by atoms with Gasteiger partial charge in [-0.3, -0.25) is 9.59 Å². The van der Waals surface area contributed by atoms with Crippen LogP contribution in [0.4, 0.5) is 5.00 Å². The predicted molar refractivity (Wildman–Crippen MR) is 139 cm³/mol. The van der Waals surface area contributed by atoms with E-state index in [1.165, 1.54) is 6.42 Å². The standard InChI is InChI=1S/C24H32N4O6S3/c1-36(31,32)25-10-16-12-35-23-21(16)37(33,34)27-22(26-23)18-20(29)17-14-7-8-15(9-14)19(17)28(24(18)30)11-13-5-3-2-4-6-13/h12-15,17-19,25H,2-11H2,1H3,(H,26,27)/t14-,15+,17?,18?,19?/m0/s1. The molecule has 10 nitrogen and oxygen atoms in total. The molecule has 2 bridgehead atoms. The van der Waals surface area contributed by atoms with Crippen LogP contribution in [0.5, 0.6) is 0 Å². The van der Waals surface area contributed by atoms with Gasteiger partial charge in [-0.2, -0.15) is 8.42 Å². The summed E-state index contributed by atoms with van der Waals surface area (Å²) in [6.45, 7) is 0.429. The van der Waals surface area contributed by atoms with E-state index >= 15 is 0 Å². The second-order valence-corrected chi connectivity index (χ2v) is 15.5. The molecule has 0 spiro atoms. The number of Topliss-reactive ketones (excluding diaryl/α,β-unsaturated/α-hetero) is 1. The highest BCUT2D eigenvalue weighted by Gasteiger charge is 2.61. The Morgan fingerprint density at radius 3 is 2.59 bits per heavy atom.